The minimum Gasteiger partial charge on any atom is -0.288 e. The van der Waals surface area contributed by atoms with Crippen LogP contribution in [0.25, 0.3) is 11.1 Å². The molecule has 0 atom stereocenters. The molecule has 134 valence electrons. The summed E-state index contributed by atoms with van der Waals surface area (Å²) in [6.07, 6.45) is 4.16. The van der Waals surface area contributed by atoms with Gasteiger partial charge < -0.3 is 0 Å². The summed E-state index contributed by atoms with van der Waals surface area (Å²) in [4.78, 5) is 23.8. The van der Waals surface area contributed by atoms with E-state index in [-0.39, 0.29) is 0 Å². The van der Waals surface area contributed by atoms with Crippen molar-refractivity contribution >= 4 is 11.8 Å². The topological polar surface area (TPSA) is 98.7 Å². The first-order valence-corrected chi connectivity index (χ1v) is 8.79. The van der Waals surface area contributed by atoms with Crippen molar-refractivity contribution in [1.82, 2.24) is 11.0 Å². The van der Waals surface area contributed by atoms with Crippen molar-refractivity contribution in [1.29, 1.82) is 0 Å². The van der Waals surface area contributed by atoms with Gasteiger partial charge in [-0.2, -0.15) is 0 Å². The Balaban J connectivity index is 1.75. The second-order valence-corrected chi connectivity index (χ2v) is 7.03. The molecule has 2 fully saturated rings. The fourth-order valence-electron chi connectivity index (χ4n) is 3.48. The smallest absolute Gasteiger partial charge is 0.274 e. The van der Waals surface area contributed by atoms with Crippen LogP contribution in [0.5, 0.6) is 0 Å². The van der Waals surface area contributed by atoms with Crippen molar-refractivity contribution < 1.29 is 20.0 Å². The van der Waals surface area contributed by atoms with Crippen LogP contribution in [0, 0.1) is 0 Å². The third-order valence-corrected chi connectivity index (χ3v) is 5.16. The average Bonchev–Trinajstić information content (AvgIpc) is 3.58. The minimum atomic E-state index is -0.493. The molecule has 2 aromatic carbocycles. The Kier molecular flexibility index (Phi) is 4.22. The molecule has 2 saturated carbocycles. The van der Waals surface area contributed by atoms with Crippen molar-refractivity contribution in [2.45, 2.75) is 37.5 Å². The van der Waals surface area contributed by atoms with Gasteiger partial charge in [0.15, 0.2) is 0 Å². The molecule has 6 nitrogen and oxygen atoms in total. The minimum absolute atomic E-state index is 0.351. The highest BCUT2D eigenvalue weighted by Gasteiger charge is 2.30. The van der Waals surface area contributed by atoms with Crippen LogP contribution in [-0.2, 0) is 0 Å². The van der Waals surface area contributed by atoms with Crippen molar-refractivity contribution in [2.24, 2.45) is 0 Å². The first-order chi connectivity index (χ1) is 12.6. The first-order valence-electron chi connectivity index (χ1n) is 8.79. The molecule has 2 aliphatic rings. The van der Waals surface area contributed by atoms with Gasteiger partial charge >= 0.3 is 0 Å². The van der Waals surface area contributed by atoms with E-state index in [4.69, 9.17) is 10.4 Å². The molecule has 0 radical (unpaired) electrons. The van der Waals surface area contributed by atoms with E-state index < -0.39 is 11.8 Å². The van der Waals surface area contributed by atoms with Crippen molar-refractivity contribution in [3.63, 3.8) is 0 Å². The second-order valence-electron chi connectivity index (χ2n) is 7.03. The van der Waals surface area contributed by atoms with E-state index in [0.29, 0.717) is 23.0 Å². The van der Waals surface area contributed by atoms with Crippen molar-refractivity contribution in [3.8, 4) is 11.1 Å². The number of hydroxylamine groups is 2. The summed E-state index contributed by atoms with van der Waals surface area (Å²) < 4.78 is 0. The molecule has 4 N–H and O–H groups in total. The van der Waals surface area contributed by atoms with Crippen molar-refractivity contribution in [3.05, 3.63) is 58.7 Å². The number of hydrogen-bond donors (Lipinski definition) is 4. The molecule has 0 unspecified atom stereocenters. The van der Waals surface area contributed by atoms with Gasteiger partial charge in [0.1, 0.15) is 0 Å². The Morgan fingerprint density at radius 2 is 1.12 bits per heavy atom. The summed E-state index contributed by atoms with van der Waals surface area (Å²) in [5.41, 5.74) is 8.26. The highest BCUT2D eigenvalue weighted by Crippen LogP contribution is 2.45. The standard InChI is InChI=1S/C20H20N2O4/c23-19(21-25)15-7-5-13(9-17(15)11-1-2-11)14-6-8-16(20(24)22-26)18(10-14)12-3-4-12/h5-12,25-26H,1-4H2,(H,21,23)(H,22,24). The average molecular weight is 352 g/mol. The number of nitrogens with one attached hydrogen (secondary N) is 2. The molecule has 0 heterocycles. The van der Waals surface area contributed by atoms with Crippen molar-refractivity contribution in [2.75, 3.05) is 0 Å². The maximum atomic E-state index is 11.9. The molecule has 2 aliphatic carbocycles. The Morgan fingerprint density at radius 1 is 0.731 bits per heavy atom. The van der Waals surface area contributed by atoms with E-state index in [1.165, 1.54) is 0 Å². The maximum absolute atomic E-state index is 11.9. The van der Waals surface area contributed by atoms with Gasteiger partial charge in [-0.05, 0) is 71.9 Å². The van der Waals surface area contributed by atoms with Gasteiger partial charge in [-0.1, -0.05) is 24.3 Å². The van der Waals surface area contributed by atoms with E-state index in [9.17, 15) is 9.59 Å². The fourth-order valence-corrected chi connectivity index (χ4v) is 3.48. The molecule has 0 spiro atoms. The van der Waals surface area contributed by atoms with Gasteiger partial charge in [-0.25, -0.2) is 11.0 Å². The first kappa shape index (κ1) is 16.8. The molecular formula is C20H20N2O4. The maximum Gasteiger partial charge on any atom is 0.274 e. The lowest BCUT2D eigenvalue weighted by Crippen LogP contribution is -2.20. The van der Waals surface area contributed by atoms with Crippen LogP contribution in [0.1, 0.15) is 69.4 Å². The van der Waals surface area contributed by atoms with Gasteiger partial charge in [-0.15, -0.1) is 0 Å². The number of rotatable bonds is 5. The van der Waals surface area contributed by atoms with Gasteiger partial charge in [0.2, 0.25) is 0 Å². The summed E-state index contributed by atoms with van der Waals surface area (Å²) in [7, 11) is 0. The van der Waals surface area contributed by atoms with E-state index in [1.54, 1.807) is 23.1 Å². The van der Waals surface area contributed by atoms with Gasteiger partial charge in [0, 0.05) is 11.1 Å². The highest BCUT2D eigenvalue weighted by molar-refractivity contribution is 5.97. The van der Waals surface area contributed by atoms with E-state index >= 15 is 0 Å². The number of carbonyl (C=O) groups is 2. The molecular weight excluding hydrogens is 332 g/mol. The van der Waals surface area contributed by atoms with Gasteiger partial charge in [-0.3, -0.25) is 20.0 Å². The van der Waals surface area contributed by atoms with Crippen LogP contribution in [0.3, 0.4) is 0 Å². The zero-order valence-electron chi connectivity index (χ0n) is 14.2. The zero-order valence-corrected chi connectivity index (χ0v) is 14.2. The van der Waals surface area contributed by atoms with Crippen LogP contribution < -0.4 is 11.0 Å². The lowest BCUT2D eigenvalue weighted by Gasteiger charge is -2.13. The summed E-state index contributed by atoms with van der Waals surface area (Å²) in [5.74, 6) is -0.284. The molecule has 6 heteroatoms. The number of benzene rings is 2. The third-order valence-electron chi connectivity index (χ3n) is 5.16. The number of carbonyl (C=O) groups excluding carboxylic acids is 2. The zero-order chi connectivity index (χ0) is 18.3. The fraction of sp³-hybridized carbons (Fsp3) is 0.300. The molecule has 2 aromatic rings. The van der Waals surface area contributed by atoms with Crippen LogP contribution >= 0.6 is 0 Å². The largest absolute Gasteiger partial charge is 0.288 e. The van der Waals surface area contributed by atoms with Gasteiger partial charge in [0.25, 0.3) is 11.8 Å². The molecule has 4 rings (SSSR count). The Hall–Kier alpha value is -2.70. The number of hydrogen-bond acceptors (Lipinski definition) is 4. The Bertz CT molecular complexity index is 812. The quantitative estimate of drug-likeness (QED) is 0.490. The van der Waals surface area contributed by atoms with Crippen LogP contribution in [-0.4, -0.2) is 22.2 Å². The van der Waals surface area contributed by atoms with Crippen LogP contribution in [0.4, 0.5) is 0 Å². The normalized spacial score (nSPS) is 16.2. The molecule has 0 aliphatic heterocycles. The Labute approximate surface area is 150 Å². The summed E-state index contributed by atoms with van der Waals surface area (Å²) >= 11 is 0. The predicted molar refractivity (Wildman–Crippen MR) is 94.3 cm³/mol. The molecule has 26 heavy (non-hydrogen) atoms. The lowest BCUT2D eigenvalue weighted by atomic mass is 9.93. The predicted octanol–water partition coefficient (Wildman–Crippen LogP) is 3.35. The highest BCUT2D eigenvalue weighted by atomic mass is 16.5. The molecule has 0 bridgehead atoms. The van der Waals surface area contributed by atoms with Crippen LogP contribution in [0.15, 0.2) is 36.4 Å². The SMILES string of the molecule is O=C(NO)c1ccc(-c2ccc(C(=O)NO)c(C3CC3)c2)cc1C1CC1. The summed E-state index contributed by atoms with van der Waals surface area (Å²) in [6.45, 7) is 0. The van der Waals surface area contributed by atoms with E-state index in [0.717, 1.165) is 47.9 Å². The van der Waals surface area contributed by atoms with E-state index in [1.807, 2.05) is 24.3 Å². The molecule has 2 amide bonds. The van der Waals surface area contributed by atoms with Gasteiger partial charge in [0.05, 0.1) is 0 Å². The third kappa shape index (κ3) is 3.09. The summed E-state index contributed by atoms with van der Waals surface area (Å²) in [6, 6.07) is 11.2. The summed E-state index contributed by atoms with van der Waals surface area (Å²) in [5, 5.41) is 17.9. The lowest BCUT2D eigenvalue weighted by molar-refractivity contribution is 0.0701. The Morgan fingerprint density at radius 3 is 1.42 bits per heavy atom. The monoisotopic (exact) mass is 352 g/mol. The van der Waals surface area contributed by atoms with Crippen LogP contribution in [0.2, 0.25) is 0 Å². The second kappa shape index (κ2) is 6.55. The van der Waals surface area contributed by atoms with E-state index in [2.05, 4.69) is 0 Å². The molecule has 0 aromatic heterocycles. The molecule has 0 saturated heterocycles. The number of amides is 2.